The van der Waals surface area contributed by atoms with Gasteiger partial charge in [0.25, 0.3) is 5.91 Å². The number of likely N-dealkylation sites (N-methyl/N-ethyl adjacent to an activating group) is 1. The summed E-state index contributed by atoms with van der Waals surface area (Å²) in [5.41, 5.74) is 0.551. The third kappa shape index (κ3) is 2.99. The number of halogens is 1. The Hall–Kier alpha value is -1.06. The minimum absolute atomic E-state index is 0.0499. The summed E-state index contributed by atoms with van der Waals surface area (Å²) in [6.45, 7) is 1.43. The van der Waals surface area contributed by atoms with Gasteiger partial charge < -0.3 is 9.64 Å². The number of amides is 1. The Morgan fingerprint density at radius 2 is 2.29 bits per heavy atom. The Kier molecular flexibility index (Phi) is 4.02. The van der Waals surface area contributed by atoms with Gasteiger partial charge in [0.05, 0.1) is 16.7 Å². The van der Waals surface area contributed by atoms with E-state index in [1.807, 2.05) is 12.1 Å². The molecule has 0 N–H and O–H groups in total. The third-order valence-corrected chi connectivity index (χ3v) is 3.28. The van der Waals surface area contributed by atoms with Crippen LogP contribution in [0.1, 0.15) is 23.2 Å². The second-order valence-electron chi connectivity index (χ2n) is 4.30. The fraction of sp³-hybridized carbons (Fsp3) is 0.462. The van der Waals surface area contributed by atoms with Crippen LogP contribution in [-0.2, 0) is 4.74 Å². The lowest BCUT2D eigenvalue weighted by Crippen LogP contribution is -2.34. The summed E-state index contributed by atoms with van der Waals surface area (Å²) in [6.07, 6.45) is 2.28. The van der Waals surface area contributed by atoms with Crippen LogP contribution >= 0.6 is 11.6 Å². The van der Waals surface area contributed by atoms with Crippen molar-refractivity contribution in [3.63, 3.8) is 0 Å². The number of carbonyl (C=O) groups is 1. The summed E-state index contributed by atoms with van der Waals surface area (Å²) < 4.78 is 5.51. The maximum Gasteiger partial charge on any atom is 0.255 e. The van der Waals surface area contributed by atoms with Crippen molar-refractivity contribution >= 4 is 17.5 Å². The van der Waals surface area contributed by atoms with Gasteiger partial charge in [-0.25, -0.2) is 0 Å². The van der Waals surface area contributed by atoms with Crippen molar-refractivity contribution in [2.24, 2.45) is 0 Å². The van der Waals surface area contributed by atoms with Gasteiger partial charge in [-0.05, 0) is 25.0 Å². The highest BCUT2D eigenvalue weighted by Crippen LogP contribution is 2.18. The molecule has 0 saturated carbocycles. The quantitative estimate of drug-likeness (QED) is 0.829. The van der Waals surface area contributed by atoms with Crippen molar-refractivity contribution in [2.45, 2.75) is 18.9 Å². The van der Waals surface area contributed by atoms with E-state index >= 15 is 0 Å². The van der Waals surface area contributed by atoms with Crippen LogP contribution in [-0.4, -0.2) is 37.1 Å². The second-order valence-corrected chi connectivity index (χ2v) is 4.71. The highest BCUT2D eigenvalue weighted by atomic mass is 35.5. The maximum atomic E-state index is 12.1. The molecule has 1 saturated heterocycles. The molecule has 1 atom stereocenters. The molecule has 3 nitrogen and oxygen atoms in total. The molecule has 1 aromatic rings. The van der Waals surface area contributed by atoms with Crippen LogP contribution < -0.4 is 0 Å². The molecule has 0 radical (unpaired) electrons. The van der Waals surface area contributed by atoms with Gasteiger partial charge in [-0.15, -0.1) is 0 Å². The van der Waals surface area contributed by atoms with Gasteiger partial charge in [0, 0.05) is 20.2 Å². The first-order valence-corrected chi connectivity index (χ1v) is 6.18. The van der Waals surface area contributed by atoms with E-state index in [1.54, 1.807) is 24.1 Å². The van der Waals surface area contributed by atoms with E-state index in [9.17, 15) is 4.79 Å². The molecule has 92 valence electrons. The molecule has 1 aliphatic rings. The Labute approximate surface area is 106 Å². The van der Waals surface area contributed by atoms with E-state index in [1.165, 1.54) is 0 Å². The van der Waals surface area contributed by atoms with Gasteiger partial charge >= 0.3 is 0 Å². The number of hydrogen-bond donors (Lipinski definition) is 0. The first-order valence-electron chi connectivity index (χ1n) is 5.80. The van der Waals surface area contributed by atoms with Crippen molar-refractivity contribution in [1.29, 1.82) is 0 Å². The van der Waals surface area contributed by atoms with E-state index in [-0.39, 0.29) is 12.0 Å². The smallest absolute Gasteiger partial charge is 0.255 e. The molecular formula is C13H16ClNO2. The van der Waals surface area contributed by atoms with Crippen LogP contribution in [0.5, 0.6) is 0 Å². The zero-order valence-corrected chi connectivity index (χ0v) is 10.6. The summed E-state index contributed by atoms with van der Waals surface area (Å²) in [5, 5.41) is 0.497. The summed E-state index contributed by atoms with van der Waals surface area (Å²) in [5.74, 6) is -0.0499. The van der Waals surface area contributed by atoms with E-state index < -0.39 is 0 Å². The third-order valence-electron chi connectivity index (χ3n) is 2.95. The predicted molar refractivity (Wildman–Crippen MR) is 67.4 cm³/mol. The van der Waals surface area contributed by atoms with Crippen molar-refractivity contribution in [3.05, 3.63) is 34.9 Å². The second kappa shape index (κ2) is 5.52. The van der Waals surface area contributed by atoms with Gasteiger partial charge in [-0.1, -0.05) is 23.7 Å². The molecular weight excluding hydrogens is 238 g/mol. The van der Waals surface area contributed by atoms with Crippen molar-refractivity contribution in [3.8, 4) is 0 Å². The van der Waals surface area contributed by atoms with Gasteiger partial charge in [-0.3, -0.25) is 4.79 Å². The number of rotatable bonds is 3. The van der Waals surface area contributed by atoms with Crippen LogP contribution in [0.3, 0.4) is 0 Å². The fourth-order valence-electron chi connectivity index (χ4n) is 2.02. The lowest BCUT2D eigenvalue weighted by atomic mass is 10.2. The molecule has 0 aliphatic carbocycles. The van der Waals surface area contributed by atoms with Crippen molar-refractivity contribution < 1.29 is 9.53 Å². The molecule has 1 aliphatic heterocycles. The predicted octanol–water partition coefficient (Wildman–Crippen LogP) is 2.59. The van der Waals surface area contributed by atoms with Crippen LogP contribution in [0.2, 0.25) is 5.02 Å². The molecule has 1 fully saturated rings. The molecule has 1 aromatic carbocycles. The molecule has 2 rings (SSSR count). The van der Waals surface area contributed by atoms with Gasteiger partial charge in [0.1, 0.15) is 0 Å². The number of hydrogen-bond acceptors (Lipinski definition) is 2. The topological polar surface area (TPSA) is 29.5 Å². The summed E-state index contributed by atoms with van der Waals surface area (Å²) in [6, 6.07) is 7.11. The zero-order chi connectivity index (χ0) is 12.3. The SMILES string of the molecule is CN(CC1CCCO1)C(=O)c1ccccc1Cl. The Balaban J connectivity index is 2.01. The normalized spacial score (nSPS) is 19.3. The average molecular weight is 254 g/mol. The standard InChI is InChI=1S/C13H16ClNO2/c1-15(9-10-5-4-8-17-10)13(16)11-6-2-3-7-12(11)14/h2-3,6-7,10H,4-5,8-9H2,1H3. The molecule has 0 bridgehead atoms. The number of carbonyl (C=O) groups excluding carboxylic acids is 1. The molecule has 1 unspecified atom stereocenters. The highest BCUT2D eigenvalue weighted by molar-refractivity contribution is 6.33. The monoisotopic (exact) mass is 253 g/mol. The first-order chi connectivity index (χ1) is 8.18. The lowest BCUT2D eigenvalue weighted by molar-refractivity contribution is 0.0587. The number of benzene rings is 1. The average Bonchev–Trinajstić information content (AvgIpc) is 2.81. The minimum Gasteiger partial charge on any atom is -0.376 e. The van der Waals surface area contributed by atoms with Crippen LogP contribution in [0.4, 0.5) is 0 Å². The Morgan fingerprint density at radius 1 is 1.53 bits per heavy atom. The Bertz CT molecular complexity index is 402. The van der Waals surface area contributed by atoms with Crippen molar-refractivity contribution in [2.75, 3.05) is 20.2 Å². The maximum absolute atomic E-state index is 12.1. The van der Waals surface area contributed by atoms with E-state index in [2.05, 4.69) is 0 Å². The molecule has 4 heteroatoms. The summed E-state index contributed by atoms with van der Waals surface area (Å²) in [7, 11) is 1.79. The lowest BCUT2D eigenvalue weighted by Gasteiger charge is -2.21. The first kappa shape index (κ1) is 12.4. The number of nitrogens with zero attached hydrogens (tertiary/aromatic N) is 1. The largest absolute Gasteiger partial charge is 0.376 e. The van der Waals surface area contributed by atoms with Crippen LogP contribution in [0, 0.1) is 0 Å². The highest BCUT2D eigenvalue weighted by Gasteiger charge is 2.21. The van der Waals surface area contributed by atoms with Gasteiger partial charge in [0.15, 0.2) is 0 Å². The van der Waals surface area contributed by atoms with Crippen LogP contribution in [0.25, 0.3) is 0 Å². The molecule has 1 amide bonds. The molecule has 0 aromatic heterocycles. The van der Waals surface area contributed by atoms with Crippen LogP contribution in [0.15, 0.2) is 24.3 Å². The Morgan fingerprint density at radius 3 is 2.94 bits per heavy atom. The zero-order valence-electron chi connectivity index (χ0n) is 9.86. The van der Waals surface area contributed by atoms with E-state index in [0.717, 1.165) is 19.4 Å². The van der Waals surface area contributed by atoms with E-state index in [4.69, 9.17) is 16.3 Å². The molecule has 0 spiro atoms. The van der Waals surface area contributed by atoms with Gasteiger partial charge in [-0.2, -0.15) is 0 Å². The van der Waals surface area contributed by atoms with E-state index in [0.29, 0.717) is 17.1 Å². The summed E-state index contributed by atoms with van der Waals surface area (Å²) in [4.78, 5) is 13.8. The number of ether oxygens (including phenoxy) is 1. The van der Waals surface area contributed by atoms with Gasteiger partial charge in [0.2, 0.25) is 0 Å². The molecule has 1 heterocycles. The fourth-order valence-corrected chi connectivity index (χ4v) is 2.23. The molecule has 17 heavy (non-hydrogen) atoms. The minimum atomic E-state index is -0.0499. The van der Waals surface area contributed by atoms with Crippen molar-refractivity contribution in [1.82, 2.24) is 4.90 Å². The summed E-state index contributed by atoms with van der Waals surface area (Å²) >= 11 is 6.00.